The molecule has 2 aromatic rings. The van der Waals surface area contributed by atoms with E-state index in [0.29, 0.717) is 11.4 Å². The second-order valence-corrected chi connectivity index (χ2v) is 8.92. The maximum absolute atomic E-state index is 13.0. The molecule has 0 N–H and O–H groups in total. The summed E-state index contributed by atoms with van der Waals surface area (Å²) in [7, 11) is -3.57. The summed E-state index contributed by atoms with van der Waals surface area (Å²) in [4.78, 5) is 36.1. The summed E-state index contributed by atoms with van der Waals surface area (Å²) in [6.07, 6.45) is 2.34. The zero-order chi connectivity index (χ0) is 20.0. The molecule has 8 nitrogen and oxygen atoms in total. The number of amides is 3. The van der Waals surface area contributed by atoms with Crippen LogP contribution in [0, 0.1) is 6.92 Å². The summed E-state index contributed by atoms with van der Waals surface area (Å²) in [5, 5.41) is -0.314. The number of aryl methyl sites for hydroxylation is 1. The lowest BCUT2D eigenvalue weighted by Crippen LogP contribution is -2.43. The summed E-state index contributed by atoms with van der Waals surface area (Å²) in [6, 6.07) is 8.14. The van der Waals surface area contributed by atoms with Crippen molar-refractivity contribution in [1.82, 2.24) is 14.9 Å². The maximum atomic E-state index is 13.0. The SMILES string of the molecule is Cc1ccc(N2C(=O)N(Cc3ccnc(S(C)(=O)=O)n3)C(C)(C)C2=O)cc1. The summed E-state index contributed by atoms with van der Waals surface area (Å²) in [5.74, 6) is -0.353. The van der Waals surface area contributed by atoms with Crippen molar-refractivity contribution >= 4 is 27.5 Å². The molecule has 0 unspecified atom stereocenters. The number of hydrogen-bond acceptors (Lipinski definition) is 6. The van der Waals surface area contributed by atoms with E-state index in [1.54, 1.807) is 26.0 Å². The maximum Gasteiger partial charge on any atom is 0.332 e. The highest BCUT2D eigenvalue weighted by Crippen LogP contribution is 2.33. The summed E-state index contributed by atoms with van der Waals surface area (Å²) in [6.45, 7) is 5.22. The fourth-order valence-corrected chi connectivity index (χ4v) is 3.36. The first kappa shape index (κ1) is 19.0. The molecule has 142 valence electrons. The monoisotopic (exact) mass is 388 g/mol. The van der Waals surface area contributed by atoms with Crippen molar-refractivity contribution in [2.45, 2.75) is 38.0 Å². The molecular weight excluding hydrogens is 368 g/mol. The van der Waals surface area contributed by atoms with Gasteiger partial charge in [0.1, 0.15) is 5.54 Å². The minimum Gasteiger partial charge on any atom is -0.304 e. The van der Waals surface area contributed by atoms with Crippen LogP contribution in [0.1, 0.15) is 25.1 Å². The van der Waals surface area contributed by atoms with Crippen LogP contribution in [-0.2, 0) is 21.2 Å². The molecule has 1 aliphatic heterocycles. The number of carbonyl (C=O) groups is 2. The van der Waals surface area contributed by atoms with Gasteiger partial charge in [0.15, 0.2) is 0 Å². The first-order valence-electron chi connectivity index (χ1n) is 8.26. The Bertz CT molecular complexity index is 1020. The first-order valence-corrected chi connectivity index (χ1v) is 10.2. The molecule has 0 atom stereocenters. The molecule has 3 rings (SSSR count). The average Bonchev–Trinajstić information content (AvgIpc) is 2.76. The van der Waals surface area contributed by atoms with Gasteiger partial charge in [-0.3, -0.25) is 4.79 Å². The highest BCUT2D eigenvalue weighted by Gasteiger charge is 2.51. The van der Waals surface area contributed by atoms with Crippen LogP contribution in [0.2, 0.25) is 0 Å². The van der Waals surface area contributed by atoms with Gasteiger partial charge in [-0.25, -0.2) is 28.1 Å². The minimum absolute atomic E-state index is 0.00895. The molecule has 1 aromatic heterocycles. The lowest BCUT2D eigenvalue weighted by molar-refractivity contribution is -0.123. The van der Waals surface area contributed by atoms with E-state index in [2.05, 4.69) is 9.97 Å². The number of carbonyl (C=O) groups excluding carboxylic acids is 2. The first-order chi connectivity index (χ1) is 12.5. The second-order valence-electron chi connectivity index (χ2n) is 7.01. The van der Waals surface area contributed by atoms with Crippen LogP contribution in [0.15, 0.2) is 41.7 Å². The summed E-state index contributed by atoms with van der Waals surface area (Å²) < 4.78 is 23.3. The van der Waals surface area contributed by atoms with E-state index in [4.69, 9.17) is 0 Å². The lowest BCUT2D eigenvalue weighted by Gasteiger charge is -2.27. The molecule has 0 bridgehead atoms. The van der Waals surface area contributed by atoms with Crippen molar-refractivity contribution in [3.8, 4) is 0 Å². The van der Waals surface area contributed by atoms with Gasteiger partial charge in [0.2, 0.25) is 15.0 Å². The van der Waals surface area contributed by atoms with Gasteiger partial charge < -0.3 is 4.90 Å². The van der Waals surface area contributed by atoms with Crippen molar-refractivity contribution in [3.05, 3.63) is 47.8 Å². The van der Waals surface area contributed by atoms with Crippen molar-refractivity contribution in [2.75, 3.05) is 11.2 Å². The normalized spacial score (nSPS) is 16.9. The molecule has 2 heterocycles. The Labute approximate surface area is 157 Å². The highest BCUT2D eigenvalue weighted by molar-refractivity contribution is 7.90. The van der Waals surface area contributed by atoms with E-state index in [-0.39, 0.29) is 17.6 Å². The standard InChI is InChI=1S/C18H20N4O4S/c1-12-5-7-14(8-6-12)22-15(23)18(2,3)21(17(22)24)11-13-9-10-19-16(20-13)27(4,25)26/h5-10H,11H2,1-4H3. The zero-order valence-electron chi connectivity index (χ0n) is 15.5. The number of benzene rings is 1. The Morgan fingerprint density at radius 3 is 2.30 bits per heavy atom. The van der Waals surface area contributed by atoms with E-state index < -0.39 is 21.4 Å². The number of aromatic nitrogens is 2. The van der Waals surface area contributed by atoms with Crippen molar-refractivity contribution in [1.29, 1.82) is 0 Å². The van der Waals surface area contributed by atoms with Gasteiger partial charge in [-0.1, -0.05) is 17.7 Å². The van der Waals surface area contributed by atoms with Gasteiger partial charge in [0, 0.05) is 12.5 Å². The molecule has 27 heavy (non-hydrogen) atoms. The third kappa shape index (κ3) is 3.42. The van der Waals surface area contributed by atoms with E-state index in [9.17, 15) is 18.0 Å². The number of imide groups is 1. The molecule has 1 saturated heterocycles. The number of urea groups is 1. The topological polar surface area (TPSA) is 101 Å². The lowest BCUT2D eigenvalue weighted by atomic mass is 10.0. The van der Waals surface area contributed by atoms with Gasteiger partial charge in [0.25, 0.3) is 5.91 Å². The molecule has 9 heteroatoms. The Morgan fingerprint density at radius 1 is 1.07 bits per heavy atom. The second kappa shape index (κ2) is 6.41. The van der Waals surface area contributed by atoms with E-state index in [0.717, 1.165) is 16.7 Å². The number of sulfone groups is 1. The molecule has 1 aliphatic rings. The van der Waals surface area contributed by atoms with Crippen LogP contribution < -0.4 is 4.90 Å². The van der Waals surface area contributed by atoms with Crippen molar-refractivity contribution in [2.24, 2.45) is 0 Å². The fourth-order valence-electron chi connectivity index (χ4n) is 2.83. The van der Waals surface area contributed by atoms with Crippen molar-refractivity contribution in [3.63, 3.8) is 0 Å². The van der Waals surface area contributed by atoms with Crippen LogP contribution in [-0.4, -0.2) is 47.0 Å². The number of rotatable bonds is 4. The largest absolute Gasteiger partial charge is 0.332 e. The Hall–Kier alpha value is -2.81. The minimum atomic E-state index is -3.57. The molecule has 0 radical (unpaired) electrons. The number of hydrogen-bond donors (Lipinski definition) is 0. The summed E-state index contributed by atoms with van der Waals surface area (Å²) in [5.41, 5.74) is 0.748. The highest BCUT2D eigenvalue weighted by atomic mass is 32.2. The zero-order valence-corrected chi connectivity index (χ0v) is 16.3. The molecule has 0 spiro atoms. The average molecular weight is 388 g/mol. The summed E-state index contributed by atoms with van der Waals surface area (Å²) >= 11 is 0. The Morgan fingerprint density at radius 2 is 1.70 bits per heavy atom. The predicted octanol–water partition coefficient (Wildman–Crippen LogP) is 1.94. The van der Waals surface area contributed by atoms with Crippen LogP contribution in [0.3, 0.4) is 0 Å². The van der Waals surface area contributed by atoms with Gasteiger partial charge in [0.05, 0.1) is 17.9 Å². The molecule has 1 aromatic carbocycles. The Balaban J connectivity index is 1.95. The molecular formula is C18H20N4O4S. The van der Waals surface area contributed by atoms with E-state index in [1.807, 2.05) is 19.1 Å². The van der Waals surface area contributed by atoms with Crippen LogP contribution >= 0.6 is 0 Å². The quantitative estimate of drug-likeness (QED) is 0.586. The van der Waals surface area contributed by atoms with Crippen molar-refractivity contribution < 1.29 is 18.0 Å². The molecule has 0 aliphatic carbocycles. The fraction of sp³-hybridized carbons (Fsp3) is 0.333. The Kier molecular flexibility index (Phi) is 4.51. The number of nitrogens with zero attached hydrogens (tertiary/aromatic N) is 4. The third-order valence-electron chi connectivity index (χ3n) is 4.46. The third-order valence-corrected chi connectivity index (χ3v) is 5.32. The van der Waals surface area contributed by atoms with Gasteiger partial charge in [-0.2, -0.15) is 0 Å². The van der Waals surface area contributed by atoms with Gasteiger partial charge in [-0.15, -0.1) is 0 Å². The predicted molar refractivity (Wildman–Crippen MR) is 98.8 cm³/mol. The smallest absolute Gasteiger partial charge is 0.304 e. The van der Waals surface area contributed by atoms with E-state index >= 15 is 0 Å². The van der Waals surface area contributed by atoms with Crippen LogP contribution in [0.25, 0.3) is 0 Å². The molecule has 3 amide bonds. The van der Waals surface area contributed by atoms with Gasteiger partial charge >= 0.3 is 6.03 Å². The van der Waals surface area contributed by atoms with Gasteiger partial charge in [-0.05, 0) is 39.0 Å². The molecule has 1 fully saturated rings. The number of anilines is 1. The van der Waals surface area contributed by atoms with Crippen LogP contribution in [0.5, 0.6) is 0 Å². The molecule has 0 saturated carbocycles. The van der Waals surface area contributed by atoms with E-state index in [1.165, 1.54) is 17.2 Å². The van der Waals surface area contributed by atoms with Crippen LogP contribution in [0.4, 0.5) is 10.5 Å².